The molecule has 1 amide bonds. The van der Waals surface area contributed by atoms with E-state index in [4.69, 9.17) is 28.9 Å². The quantitative estimate of drug-likeness (QED) is 0.889. The zero-order valence-electron chi connectivity index (χ0n) is 13.9. The molecule has 3 rings (SSSR count). The van der Waals surface area contributed by atoms with Crippen LogP contribution in [0.1, 0.15) is 5.56 Å². The average Bonchev–Trinajstić information content (AvgIpc) is 2.61. The number of piperazine rings is 1. The molecule has 1 unspecified atom stereocenters. The Labute approximate surface area is 158 Å². The molecule has 25 heavy (non-hydrogen) atoms. The van der Waals surface area contributed by atoms with Gasteiger partial charge >= 0.3 is 0 Å². The van der Waals surface area contributed by atoms with Crippen LogP contribution in [0.2, 0.25) is 10.0 Å². The molecule has 0 saturated carbocycles. The van der Waals surface area contributed by atoms with Gasteiger partial charge in [0.1, 0.15) is 0 Å². The lowest BCUT2D eigenvalue weighted by molar-refractivity contribution is -0.132. The van der Waals surface area contributed by atoms with Crippen LogP contribution < -0.4 is 10.6 Å². The number of hydrogen-bond donors (Lipinski definition) is 1. The summed E-state index contributed by atoms with van der Waals surface area (Å²) in [7, 11) is 0. The maximum absolute atomic E-state index is 12.6. The van der Waals surface area contributed by atoms with Crippen molar-refractivity contribution < 1.29 is 4.79 Å². The zero-order valence-corrected chi connectivity index (χ0v) is 15.4. The summed E-state index contributed by atoms with van der Waals surface area (Å²) in [5, 5.41) is 1.38. The minimum Gasteiger partial charge on any atom is -0.368 e. The Hall–Kier alpha value is -1.75. The number of nitrogens with two attached hydrogens (primary N) is 1. The van der Waals surface area contributed by atoms with E-state index in [9.17, 15) is 4.79 Å². The van der Waals surface area contributed by atoms with Crippen molar-refractivity contribution in [3.8, 4) is 0 Å². The van der Waals surface area contributed by atoms with Gasteiger partial charge in [0, 0.05) is 41.9 Å². The fourth-order valence-electron chi connectivity index (χ4n) is 3.10. The molecular formula is C19H21Cl2N3O. The van der Waals surface area contributed by atoms with Gasteiger partial charge in [-0.3, -0.25) is 4.79 Å². The molecule has 0 spiro atoms. The molecule has 2 N–H and O–H groups in total. The first kappa shape index (κ1) is 18.1. The van der Waals surface area contributed by atoms with Crippen molar-refractivity contribution in [2.45, 2.75) is 12.5 Å². The molecule has 1 aliphatic rings. The number of carbonyl (C=O) groups is 1. The van der Waals surface area contributed by atoms with E-state index in [1.807, 2.05) is 53.4 Å². The molecule has 2 aromatic carbocycles. The van der Waals surface area contributed by atoms with Crippen LogP contribution in [0.4, 0.5) is 5.69 Å². The van der Waals surface area contributed by atoms with Crippen LogP contribution in [-0.4, -0.2) is 43.0 Å². The summed E-state index contributed by atoms with van der Waals surface area (Å²) in [6.07, 6.45) is 0.494. The average molecular weight is 378 g/mol. The maximum Gasteiger partial charge on any atom is 0.239 e. The van der Waals surface area contributed by atoms with Gasteiger partial charge in [0.05, 0.1) is 6.04 Å². The summed E-state index contributed by atoms with van der Waals surface area (Å²) >= 11 is 12.0. The highest BCUT2D eigenvalue weighted by Crippen LogP contribution is 2.21. The van der Waals surface area contributed by atoms with E-state index in [2.05, 4.69) is 4.90 Å². The van der Waals surface area contributed by atoms with Crippen molar-refractivity contribution in [3.63, 3.8) is 0 Å². The third kappa shape index (κ3) is 4.66. The largest absolute Gasteiger partial charge is 0.368 e. The van der Waals surface area contributed by atoms with Crippen molar-refractivity contribution in [1.29, 1.82) is 0 Å². The summed E-state index contributed by atoms with van der Waals surface area (Å²) < 4.78 is 0. The van der Waals surface area contributed by atoms with Crippen molar-refractivity contribution in [2.24, 2.45) is 5.73 Å². The van der Waals surface area contributed by atoms with Crippen molar-refractivity contribution in [2.75, 3.05) is 31.1 Å². The standard InChI is InChI=1S/C19H21Cl2N3O/c20-15-4-1-3-14(11-15)12-18(22)19(25)24-9-7-23(8-10-24)17-6-2-5-16(21)13-17/h1-6,11,13,18H,7-10,12,22H2. The normalized spacial score (nSPS) is 16.0. The number of anilines is 1. The van der Waals surface area contributed by atoms with Crippen molar-refractivity contribution in [1.82, 2.24) is 4.90 Å². The minimum absolute atomic E-state index is 0.00859. The Balaban J connectivity index is 1.56. The Morgan fingerprint density at radius 2 is 1.64 bits per heavy atom. The number of amides is 1. The van der Waals surface area contributed by atoms with E-state index < -0.39 is 6.04 Å². The molecule has 1 atom stereocenters. The molecular weight excluding hydrogens is 357 g/mol. The molecule has 1 aliphatic heterocycles. The van der Waals surface area contributed by atoms with Crippen molar-refractivity contribution in [3.05, 3.63) is 64.1 Å². The van der Waals surface area contributed by atoms with Gasteiger partial charge in [0.15, 0.2) is 0 Å². The van der Waals surface area contributed by atoms with Crippen LogP contribution in [0, 0.1) is 0 Å². The SMILES string of the molecule is NC(Cc1cccc(Cl)c1)C(=O)N1CCN(c2cccc(Cl)c2)CC1. The predicted octanol–water partition coefficient (Wildman–Crippen LogP) is 3.21. The Morgan fingerprint density at radius 1 is 1.00 bits per heavy atom. The van der Waals surface area contributed by atoms with E-state index in [1.165, 1.54) is 0 Å². The van der Waals surface area contributed by atoms with E-state index in [1.54, 1.807) is 0 Å². The van der Waals surface area contributed by atoms with Gasteiger partial charge in [-0.2, -0.15) is 0 Å². The highest BCUT2D eigenvalue weighted by atomic mass is 35.5. The topological polar surface area (TPSA) is 49.6 Å². The second-order valence-corrected chi connectivity index (χ2v) is 7.11. The first-order valence-corrected chi connectivity index (χ1v) is 9.08. The monoisotopic (exact) mass is 377 g/mol. The Morgan fingerprint density at radius 3 is 2.28 bits per heavy atom. The van der Waals surface area contributed by atoms with E-state index >= 15 is 0 Å². The molecule has 6 heteroatoms. The third-order valence-corrected chi connectivity index (χ3v) is 4.90. The van der Waals surface area contributed by atoms with Crippen LogP contribution in [0.25, 0.3) is 0 Å². The maximum atomic E-state index is 12.6. The van der Waals surface area contributed by atoms with Gasteiger partial charge in [-0.1, -0.05) is 41.4 Å². The summed E-state index contributed by atoms with van der Waals surface area (Å²) in [4.78, 5) is 16.7. The van der Waals surface area contributed by atoms with Gasteiger partial charge in [-0.15, -0.1) is 0 Å². The van der Waals surface area contributed by atoms with Crippen LogP contribution in [0.15, 0.2) is 48.5 Å². The van der Waals surface area contributed by atoms with Gasteiger partial charge in [-0.25, -0.2) is 0 Å². The lowest BCUT2D eigenvalue weighted by Gasteiger charge is -2.37. The molecule has 0 aromatic heterocycles. The minimum atomic E-state index is -0.545. The molecule has 0 bridgehead atoms. The smallest absolute Gasteiger partial charge is 0.239 e. The fourth-order valence-corrected chi connectivity index (χ4v) is 3.49. The predicted molar refractivity (Wildman–Crippen MR) is 103 cm³/mol. The van der Waals surface area contributed by atoms with Gasteiger partial charge in [0.2, 0.25) is 5.91 Å². The molecule has 132 valence electrons. The lowest BCUT2D eigenvalue weighted by Crippen LogP contribution is -2.53. The van der Waals surface area contributed by atoms with Gasteiger partial charge in [-0.05, 0) is 42.3 Å². The molecule has 1 saturated heterocycles. The summed E-state index contributed by atoms with van der Waals surface area (Å²) in [5.74, 6) is -0.00859. The second kappa shape index (κ2) is 8.09. The highest BCUT2D eigenvalue weighted by molar-refractivity contribution is 6.31. The molecule has 2 aromatic rings. The van der Waals surface area contributed by atoms with Crippen LogP contribution in [-0.2, 0) is 11.2 Å². The molecule has 1 fully saturated rings. The Bertz CT molecular complexity index is 745. The number of hydrogen-bond acceptors (Lipinski definition) is 3. The van der Waals surface area contributed by atoms with Crippen LogP contribution >= 0.6 is 23.2 Å². The fraction of sp³-hybridized carbons (Fsp3) is 0.316. The number of nitrogens with zero attached hydrogens (tertiary/aromatic N) is 2. The first-order chi connectivity index (χ1) is 12.0. The molecule has 4 nitrogen and oxygen atoms in total. The summed E-state index contributed by atoms with van der Waals surface area (Å²) in [5.41, 5.74) is 8.19. The summed E-state index contributed by atoms with van der Waals surface area (Å²) in [6, 6.07) is 14.7. The van der Waals surface area contributed by atoms with Crippen LogP contribution in [0.5, 0.6) is 0 Å². The zero-order chi connectivity index (χ0) is 17.8. The number of carbonyl (C=O) groups excluding carboxylic acids is 1. The summed E-state index contributed by atoms with van der Waals surface area (Å²) in [6.45, 7) is 2.87. The number of halogens is 2. The molecule has 1 heterocycles. The van der Waals surface area contributed by atoms with Crippen molar-refractivity contribution >= 4 is 34.8 Å². The van der Waals surface area contributed by atoms with Gasteiger partial charge in [0.25, 0.3) is 0 Å². The Kier molecular flexibility index (Phi) is 5.84. The third-order valence-electron chi connectivity index (χ3n) is 4.43. The van der Waals surface area contributed by atoms with E-state index in [-0.39, 0.29) is 5.91 Å². The number of benzene rings is 2. The van der Waals surface area contributed by atoms with Gasteiger partial charge < -0.3 is 15.5 Å². The molecule has 0 radical (unpaired) electrons. The first-order valence-electron chi connectivity index (χ1n) is 8.32. The van der Waals surface area contributed by atoms with Crippen LogP contribution in [0.3, 0.4) is 0 Å². The lowest BCUT2D eigenvalue weighted by atomic mass is 10.1. The van der Waals surface area contributed by atoms with E-state index in [0.717, 1.165) is 29.4 Å². The second-order valence-electron chi connectivity index (χ2n) is 6.23. The number of rotatable bonds is 4. The van der Waals surface area contributed by atoms with E-state index in [0.29, 0.717) is 24.5 Å². The highest BCUT2D eigenvalue weighted by Gasteiger charge is 2.25. The molecule has 0 aliphatic carbocycles.